The first-order chi connectivity index (χ1) is 14.1. The van der Waals surface area contributed by atoms with Gasteiger partial charge >= 0.3 is 5.97 Å². The molecular weight excluding hydrogens is 366 g/mol. The van der Waals surface area contributed by atoms with Crippen molar-refractivity contribution in [2.24, 2.45) is 0 Å². The Hall–Kier alpha value is -3.47. The molecule has 5 heteroatoms. The highest BCUT2D eigenvalue weighted by Crippen LogP contribution is 2.30. The van der Waals surface area contributed by atoms with Crippen molar-refractivity contribution >= 4 is 28.6 Å². The van der Waals surface area contributed by atoms with Crippen LogP contribution >= 0.6 is 0 Å². The lowest BCUT2D eigenvalue weighted by Gasteiger charge is -2.23. The number of benzene rings is 3. The average Bonchev–Trinajstić information content (AvgIpc) is 2.98. The van der Waals surface area contributed by atoms with Gasteiger partial charge in [-0.05, 0) is 35.4 Å². The Kier molecular flexibility index (Phi) is 5.12. The fraction of sp³-hybridized carbons (Fsp3) is 0.208. The third-order valence-electron chi connectivity index (χ3n) is 5.24. The van der Waals surface area contributed by atoms with Crippen LogP contribution in [0.5, 0.6) is 0 Å². The number of carbonyl (C=O) groups is 3. The predicted octanol–water partition coefficient (Wildman–Crippen LogP) is 4.17. The van der Waals surface area contributed by atoms with Gasteiger partial charge in [0.1, 0.15) is 0 Å². The summed E-state index contributed by atoms with van der Waals surface area (Å²) < 4.78 is 5.13. The van der Waals surface area contributed by atoms with Gasteiger partial charge in [0.05, 0.1) is 24.2 Å². The maximum absolute atomic E-state index is 12.8. The minimum atomic E-state index is -0.346. The molecule has 3 aromatic rings. The zero-order chi connectivity index (χ0) is 20.4. The molecule has 0 N–H and O–H groups in total. The summed E-state index contributed by atoms with van der Waals surface area (Å²) in [6.45, 7) is 2.17. The van der Waals surface area contributed by atoms with Crippen LogP contribution in [-0.2, 0) is 9.53 Å². The number of hydrogen-bond donors (Lipinski definition) is 0. The van der Waals surface area contributed by atoms with E-state index < -0.39 is 0 Å². The highest BCUT2D eigenvalue weighted by molar-refractivity contribution is 6.21. The summed E-state index contributed by atoms with van der Waals surface area (Å²) >= 11 is 0. The number of fused-ring (bicyclic) bond motifs is 2. The van der Waals surface area contributed by atoms with Gasteiger partial charge in [0.15, 0.2) is 0 Å². The first-order valence-electron chi connectivity index (χ1n) is 9.68. The summed E-state index contributed by atoms with van der Waals surface area (Å²) in [5, 5.41) is 2.13. The molecule has 1 unspecified atom stereocenters. The molecule has 1 aliphatic rings. The molecule has 5 nitrogen and oxygen atoms in total. The van der Waals surface area contributed by atoms with Crippen LogP contribution in [0.1, 0.15) is 45.5 Å². The summed E-state index contributed by atoms with van der Waals surface area (Å²) in [5.41, 5.74) is 1.71. The third kappa shape index (κ3) is 3.63. The number of hydrogen-bond acceptors (Lipinski definition) is 4. The van der Waals surface area contributed by atoms with E-state index in [4.69, 9.17) is 4.74 Å². The fourth-order valence-electron chi connectivity index (χ4n) is 3.80. The van der Waals surface area contributed by atoms with E-state index in [0.717, 1.165) is 16.3 Å². The van der Waals surface area contributed by atoms with Crippen molar-refractivity contribution in [2.75, 3.05) is 13.2 Å². The van der Waals surface area contributed by atoms with E-state index >= 15 is 0 Å². The Morgan fingerprint density at radius 3 is 2.17 bits per heavy atom. The van der Waals surface area contributed by atoms with Crippen LogP contribution in [-0.4, -0.2) is 35.8 Å². The minimum absolute atomic E-state index is 0.0968. The van der Waals surface area contributed by atoms with Crippen LogP contribution in [0.25, 0.3) is 10.8 Å². The number of amides is 2. The molecule has 0 spiro atoms. The lowest BCUT2D eigenvalue weighted by atomic mass is 9.93. The largest absolute Gasteiger partial charge is 0.466 e. The molecule has 1 atom stereocenters. The molecule has 3 aromatic carbocycles. The van der Waals surface area contributed by atoms with Crippen molar-refractivity contribution in [3.05, 3.63) is 83.4 Å². The molecule has 1 aliphatic heterocycles. The number of rotatable bonds is 6. The molecule has 1 heterocycles. The minimum Gasteiger partial charge on any atom is -0.466 e. The molecule has 4 rings (SSSR count). The van der Waals surface area contributed by atoms with Gasteiger partial charge < -0.3 is 4.74 Å². The van der Waals surface area contributed by atoms with Gasteiger partial charge in [0.25, 0.3) is 11.8 Å². The summed E-state index contributed by atoms with van der Waals surface area (Å²) in [4.78, 5) is 39.0. The second-order valence-corrected chi connectivity index (χ2v) is 7.08. The van der Waals surface area contributed by atoms with E-state index in [-0.39, 0.29) is 43.3 Å². The maximum Gasteiger partial charge on any atom is 0.306 e. The second kappa shape index (κ2) is 7.87. The number of carbonyl (C=O) groups excluding carboxylic acids is 3. The first kappa shape index (κ1) is 18.9. The van der Waals surface area contributed by atoms with Gasteiger partial charge in [-0.2, -0.15) is 0 Å². The van der Waals surface area contributed by atoms with Crippen LogP contribution < -0.4 is 0 Å². The smallest absolute Gasteiger partial charge is 0.306 e. The quantitative estimate of drug-likeness (QED) is 0.470. The van der Waals surface area contributed by atoms with Crippen molar-refractivity contribution in [1.82, 2.24) is 4.90 Å². The first-order valence-corrected chi connectivity index (χ1v) is 9.68. The molecule has 0 saturated heterocycles. The number of nitrogens with zero attached hydrogens (tertiary/aromatic N) is 1. The molecular formula is C24H21NO4. The van der Waals surface area contributed by atoms with Gasteiger partial charge in [-0.3, -0.25) is 19.3 Å². The summed E-state index contributed by atoms with van der Waals surface area (Å²) in [5.74, 6) is -1.33. The Morgan fingerprint density at radius 2 is 1.52 bits per heavy atom. The zero-order valence-electron chi connectivity index (χ0n) is 16.1. The number of imide groups is 1. The van der Waals surface area contributed by atoms with Gasteiger partial charge in [-0.1, -0.05) is 54.6 Å². The highest BCUT2D eigenvalue weighted by atomic mass is 16.5. The monoisotopic (exact) mass is 387 g/mol. The summed E-state index contributed by atoms with van der Waals surface area (Å²) in [6, 6.07) is 20.7. The van der Waals surface area contributed by atoms with Crippen molar-refractivity contribution in [3.63, 3.8) is 0 Å². The molecule has 146 valence electrons. The summed E-state index contributed by atoms with van der Waals surface area (Å²) in [7, 11) is 0. The van der Waals surface area contributed by atoms with Crippen LogP contribution in [0, 0.1) is 0 Å². The van der Waals surface area contributed by atoms with Gasteiger partial charge in [0, 0.05) is 12.5 Å². The van der Waals surface area contributed by atoms with E-state index in [0.29, 0.717) is 11.1 Å². The Balaban J connectivity index is 1.66. The number of esters is 1. The van der Waals surface area contributed by atoms with E-state index in [1.807, 2.05) is 42.5 Å². The van der Waals surface area contributed by atoms with E-state index in [9.17, 15) is 14.4 Å². The lowest BCUT2D eigenvalue weighted by Crippen LogP contribution is -2.34. The van der Waals surface area contributed by atoms with Crippen molar-refractivity contribution in [3.8, 4) is 0 Å². The molecule has 0 bridgehead atoms. The van der Waals surface area contributed by atoms with Crippen LogP contribution in [0.4, 0.5) is 0 Å². The fourth-order valence-corrected chi connectivity index (χ4v) is 3.80. The second-order valence-electron chi connectivity index (χ2n) is 7.08. The van der Waals surface area contributed by atoms with E-state index in [1.54, 1.807) is 31.2 Å². The molecule has 29 heavy (non-hydrogen) atoms. The van der Waals surface area contributed by atoms with Crippen molar-refractivity contribution in [1.29, 1.82) is 0 Å². The molecule has 0 fully saturated rings. The van der Waals surface area contributed by atoms with Crippen LogP contribution in [0.2, 0.25) is 0 Å². The Morgan fingerprint density at radius 1 is 0.897 bits per heavy atom. The Labute approximate surface area is 168 Å². The normalized spacial score (nSPS) is 14.2. The molecule has 0 aliphatic carbocycles. The SMILES string of the molecule is CCOC(=O)CC(CN1C(=O)c2ccccc2C1=O)c1ccc2ccccc2c1. The molecule has 0 radical (unpaired) electrons. The van der Waals surface area contributed by atoms with E-state index in [1.165, 1.54) is 4.90 Å². The zero-order valence-corrected chi connectivity index (χ0v) is 16.1. The van der Waals surface area contributed by atoms with Gasteiger partial charge in [-0.15, -0.1) is 0 Å². The van der Waals surface area contributed by atoms with Gasteiger partial charge in [0.2, 0.25) is 0 Å². The lowest BCUT2D eigenvalue weighted by molar-refractivity contribution is -0.143. The van der Waals surface area contributed by atoms with Crippen molar-refractivity contribution < 1.29 is 19.1 Å². The Bertz CT molecular complexity index is 1070. The third-order valence-corrected chi connectivity index (χ3v) is 5.24. The van der Waals surface area contributed by atoms with Gasteiger partial charge in [-0.25, -0.2) is 0 Å². The number of ether oxygens (including phenoxy) is 1. The average molecular weight is 387 g/mol. The molecule has 0 saturated carbocycles. The van der Waals surface area contributed by atoms with Crippen LogP contribution in [0.3, 0.4) is 0 Å². The van der Waals surface area contributed by atoms with Crippen molar-refractivity contribution in [2.45, 2.75) is 19.3 Å². The molecule has 2 amide bonds. The van der Waals surface area contributed by atoms with Crippen LogP contribution in [0.15, 0.2) is 66.7 Å². The predicted molar refractivity (Wildman–Crippen MR) is 110 cm³/mol. The topological polar surface area (TPSA) is 63.7 Å². The molecule has 0 aromatic heterocycles. The highest BCUT2D eigenvalue weighted by Gasteiger charge is 2.37. The standard InChI is InChI=1S/C24H21NO4/c1-2-29-22(26)14-19(18-12-11-16-7-3-4-8-17(16)13-18)15-25-23(27)20-9-5-6-10-21(20)24(25)28/h3-13,19H,2,14-15H2,1H3. The van der Waals surface area contributed by atoms with E-state index in [2.05, 4.69) is 0 Å². The summed E-state index contributed by atoms with van der Waals surface area (Å²) in [6.07, 6.45) is 0.0968. The maximum atomic E-state index is 12.8.